The van der Waals surface area contributed by atoms with Gasteiger partial charge in [0, 0.05) is 23.3 Å². The third kappa shape index (κ3) is 13.1. The fourth-order valence-electron chi connectivity index (χ4n) is 4.93. The SMILES string of the molecule is C=CC(=O)OCCCCOc1cnc(-c2ccc(COC3OCCOC3OCc3ccc(-c4ncc(OCCCCOC(=O)C=C)cn4)cc3)cc2)nc1. The van der Waals surface area contributed by atoms with Crippen LogP contribution < -0.4 is 9.47 Å². The maximum Gasteiger partial charge on any atom is 0.330 e. The maximum absolute atomic E-state index is 11.1. The highest BCUT2D eigenvalue weighted by molar-refractivity contribution is 5.81. The van der Waals surface area contributed by atoms with Gasteiger partial charge in [-0.05, 0) is 36.8 Å². The molecule has 3 heterocycles. The summed E-state index contributed by atoms with van der Waals surface area (Å²) in [5, 5.41) is 0. The van der Waals surface area contributed by atoms with Crippen molar-refractivity contribution in [2.75, 3.05) is 39.6 Å². The zero-order valence-corrected chi connectivity index (χ0v) is 30.0. The number of nitrogens with zero attached hydrogens (tertiary/aromatic N) is 4. The van der Waals surface area contributed by atoms with E-state index in [0.29, 0.717) is 88.8 Å². The maximum atomic E-state index is 11.1. The second-order valence-corrected chi connectivity index (χ2v) is 11.8. The van der Waals surface area contributed by atoms with Gasteiger partial charge in [-0.15, -0.1) is 0 Å². The van der Waals surface area contributed by atoms with Gasteiger partial charge in [0.15, 0.2) is 23.1 Å². The van der Waals surface area contributed by atoms with Crippen LogP contribution in [-0.2, 0) is 51.2 Å². The van der Waals surface area contributed by atoms with Gasteiger partial charge in [0.2, 0.25) is 12.6 Å². The summed E-state index contributed by atoms with van der Waals surface area (Å²) in [6.45, 7) is 9.70. The normalized spacial score (nSPS) is 15.2. The molecule has 1 fully saturated rings. The standard InChI is InChI=1S/C40H44N4O10/c1-3-35(45)49-19-7-5-17-47-33-23-41-37(42-24-33)31-13-9-29(10-14-31)27-53-39-40(52-22-21-51-39)54-28-30-11-15-32(16-12-30)38-43-25-34(26-44-38)48-18-6-8-20-50-36(46)4-2/h3-4,9-16,23-26,39-40H,1-2,5-8,17-22,27-28H2. The van der Waals surface area contributed by atoms with Gasteiger partial charge in [-0.1, -0.05) is 61.7 Å². The Kier molecular flexibility index (Phi) is 16.1. The van der Waals surface area contributed by atoms with E-state index < -0.39 is 24.5 Å². The molecular formula is C40H44N4O10. The van der Waals surface area contributed by atoms with Gasteiger partial charge in [-0.25, -0.2) is 29.5 Å². The molecule has 14 heteroatoms. The summed E-state index contributed by atoms with van der Waals surface area (Å²) >= 11 is 0. The van der Waals surface area contributed by atoms with Crippen LogP contribution in [0.25, 0.3) is 22.8 Å². The van der Waals surface area contributed by atoms with Crippen LogP contribution >= 0.6 is 0 Å². The first-order chi connectivity index (χ1) is 26.5. The van der Waals surface area contributed by atoms with Crippen LogP contribution in [0.15, 0.2) is 98.6 Å². The first kappa shape index (κ1) is 39.7. The van der Waals surface area contributed by atoms with Gasteiger partial charge >= 0.3 is 11.9 Å². The fraction of sp³-hybridized carbons (Fsp3) is 0.350. The molecule has 2 aromatic carbocycles. The van der Waals surface area contributed by atoms with Crippen LogP contribution in [0.5, 0.6) is 11.5 Å². The Labute approximate surface area is 314 Å². The van der Waals surface area contributed by atoms with Crippen LogP contribution in [0, 0.1) is 0 Å². The van der Waals surface area contributed by atoms with Crippen molar-refractivity contribution in [2.45, 2.75) is 51.5 Å². The predicted octanol–water partition coefficient (Wildman–Crippen LogP) is 5.81. The average Bonchev–Trinajstić information content (AvgIpc) is 3.22. The summed E-state index contributed by atoms with van der Waals surface area (Å²) in [7, 11) is 0. The molecule has 0 aliphatic carbocycles. The molecule has 0 bridgehead atoms. The second kappa shape index (κ2) is 21.9. The van der Waals surface area contributed by atoms with E-state index in [-0.39, 0.29) is 0 Å². The van der Waals surface area contributed by atoms with Crippen LogP contribution in [0.4, 0.5) is 0 Å². The summed E-state index contributed by atoms with van der Waals surface area (Å²) in [5.74, 6) is 1.42. The first-order valence-electron chi connectivity index (χ1n) is 17.6. The molecule has 2 atom stereocenters. The molecule has 5 rings (SSSR count). The lowest BCUT2D eigenvalue weighted by atomic mass is 10.1. The van der Waals surface area contributed by atoms with E-state index in [4.69, 9.17) is 37.9 Å². The molecule has 14 nitrogen and oxygen atoms in total. The Bertz CT molecular complexity index is 1620. The lowest BCUT2D eigenvalue weighted by Gasteiger charge is -2.31. The van der Waals surface area contributed by atoms with E-state index in [2.05, 4.69) is 33.1 Å². The minimum absolute atomic E-state index is 0.292. The number of carbonyl (C=O) groups excluding carboxylic acids is 2. The van der Waals surface area contributed by atoms with Crippen molar-refractivity contribution in [2.24, 2.45) is 0 Å². The molecule has 0 saturated carbocycles. The molecule has 1 aliphatic heterocycles. The molecule has 2 aromatic heterocycles. The first-order valence-corrected chi connectivity index (χ1v) is 17.6. The molecule has 284 valence electrons. The number of aromatic nitrogens is 4. The Morgan fingerprint density at radius 1 is 0.593 bits per heavy atom. The Balaban J connectivity index is 1.01. The Morgan fingerprint density at radius 3 is 1.33 bits per heavy atom. The molecule has 0 radical (unpaired) electrons. The Morgan fingerprint density at radius 2 is 0.963 bits per heavy atom. The fourth-order valence-corrected chi connectivity index (χ4v) is 4.93. The number of unbranched alkanes of at least 4 members (excludes halogenated alkanes) is 2. The van der Waals surface area contributed by atoms with Crippen molar-refractivity contribution in [3.8, 4) is 34.3 Å². The number of hydrogen-bond acceptors (Lipinski definition) is 14. The summed E-state index contributed by atoms with van der Waals surface area (Å²) < 4.78 is 45.0. The van der Waals surface area contributed by atoms with E-state index in [1.807, 2.05) is 48.5 Å². The second-order valence-electron chi connectivity index (χ2n) is 11.8. The zero-order valence-electron chi connectivity index (χ0n) is 30.0. The van der Waals surface area contributed by atoms with Crippen LogP contribution in [0.3, 0.4) is 0 Å². The third-order valence-corrected chi connectivity index (χ3v) is 7.82. The predicted molar refractivity (Wildman–Crippen MR) is 196 cm³/mol. The molecule has 0 amide bonds. The van der Waals surface area contributed by atoms with Gasteiger partial charge in [0.05, 0.1) is 77.6 Å². The van der Waals surface area contributed by atoms with E-state index >= 15 is 0 Å². The molecular weight excluding hydrogens is 696 g/mol. The van der Waals surface area contributed by atoms with Crippen LogP contribution in [0.1, 0.15) is 36.8 Å². The number of ether oxygens (including phenoxy) is 8. The minimum Gasteiger partial charge on any atom is -0.490 e. The summed E-state index contributed by atoms with van der Waals surface area (Å²) in [5.41, 5.74) is 3.58. The lowest BCUT2D eigenvalue weighted by Crippen LogP contribution is -2.41. The molecule has 2 unspecified atom stereocenters. The molecule has 54 heavy (non-hydrogen) atoms. The van der Waals surface area contributed by atoms with Crippen molar-refractivity contribution >= 4 is 11.9 Å². The summed E-state index contributed by atoms with van der Waals surface area (Å²) in [4.78, 5) is 39.8. The molecule has 4 aromatic rings. The van der Waals surface area contributed by atoms with E-state index in [0.717, 1.165) is 47.2 Å². The van der Waals surface area contributed by atoms with Crippen LogP contribution in [-0.4, -0.2) is 84.1 Å². The molecule has 1 saturated heterocycles. The van der Waals surface area contributed by atoms with Gasteiger partial charge in [0.1, 0.15) is 0 Å². The lowest BCUT2D eigenvalue weighted by molar-refractivity contribution is -0.326. The summed E-state index contributed by atoms with van der Waals surface area (Å²) in [6, 6.07) is 15.5. The number of esters is 2. The largest absolute Gasteiger partial charge is 0.490 e. The third-order valence-electron chi connectivity index (χ3n) is 7.82. The quantitative estimate of drug-likeness (QED) is 0.0540. The van der Waals surface area contributed by atoms with Crippen molar-refractivity contribution in [3.63, 3.8) is 0 Å². The van der Waals surface area contributed by atoms with Crippen molar-refractivity contribution in [1.29, 1.82) is 0 Å². The monoisotopic (exact) mass is 740 g/mol. The van der Waals surface area contributed by atoms with Crippen molar-refractivity contribution in [3.05, 3.63) is 110 Å². The van der Waals surface area contributed by atoms with Crippen LogP contribution in [0.2, 0.25) is 0 Å². The average molecular weight is 741 g/mol. The highest BCUT2D eigenvalue weighted by Gasteiger charge is 2.29. The van der Waals surface area contributed by atoms with Gasteiger partial charge < -0.3 is 37.9 Å². The number of rotatable bonds is 22. The number of hydrogen-bond donors (Lipinski definition) is 0. The van der Waals surface area contributed by atoms with E-state index in [1.165, 1.54) is 0 Å². The molecule has 0 spiro atoms. The van der Waals surface area contributed by atoms with E-state index in [9.17, 15) is 9.59 Å². The highest BCUT2D eigenvalue weighted by atomic mass is 16.8. The Hall–Kier alpha value is -5.54. The molecule has 1 aliphatic rings. The van der Waals surface area contributed by atoms with E-state index in [1.54, 1.807) is 24.8 Å². The van der Waals surface area contributed by atoms with Gasteiger partial charge in [-0.3, -0.25) is 0 Å². The topological polar surface area (TPSA) is 160 Å². The molecule has 0 N–H and O–H groups in total. The number of benzene rings is 2. The number of carbonyl (C=O) groups is 2. The smallest absolute Gasteiger partial charge is 0.330 e. The van der Waals surface area contributed by atoms with Crippen molar-refractivity contribution < 1.29 is 47.5 Å². The van der Waals surface area contributed by atoms with Gasteiger partial charge in [0.25, 0.3) is 0 Å². The van der Waals surface area contributed by atoms with Gasteiger partial charge in [-0.2, -0.15) is 0 Å². The zero-order chi connectivity index (χ0) is 37.8. The minimum atomic E-state index is -0.695. The van der Waals surface area contributed by atoms with Crippen molar-refractivity contribution in [1.82, 2.24) is 19.9 Å². The summed E-state index contributed by atoms with van der Waals surface area (Å²) in [6.07, 6.45) is 10.3. The highest BCUT2D eigenvalue weighted by Crippen LogP contribution is 2.22.